The van der Waals surface area contributed by atoms with Crippen molar-refractivity contribution in [2.24, 2.45) is 0 Å². The number of alkyl halides is 1. The maximum Gasteiger partial charge on any atom is 2.00 e. The van der Waals surface area contributed by atoms with Gasteiger partial charge in [-0.3, -0.25) is 4.79 Å². The number of hydrogen-bond acceptors (Lipinski definition) is 6. The van der Waals surface area contributed by atoms with E-state index in [9.17, 15) is 29.0 Å². The number of carboxylic acids is 3. The van der Waals surface area contributed by atoms with Gasteiger partial charge in [0.1, 0.15) is 0 Å². The number of rotatable bonds is 5. The molecule has 0 bridgehead atoms. The summed E-state index contributed by atoms with van der Waals surface area (Å²) >= 11 is 0. The molecule has 80 valence electrons. The maximum atomic E-state index is 12.6. The van der Waals surface area contributed by atoms with Crippen molar-refractivity contribution in [2.75, 3.05) is 0 Å². The normalized spacial score (nSPS) is 15.6. The van der Waals surface area contributed by atoms with Crippen LogP contribution in [0.5, 0.6) is 0 Å². The summed E-state index contributed by atoms with van der Waals surface area (Å²) in [6.07, 6.45) is -5.01. The molecule has 0 radical (unpaired) electrons. The third kappa shape index (κ3) is 4.49. The first-order valence-corrected chi connectivity index (χ1v) is 3.22. The van der Waals surface area contributed by atoms with E-state index in [1.165, 1.54) is 0 Å². The van der Waals surface area contributed by atoms with Crippen molar-refractivity contribution < 1.29 is 39.2 Å². The molecule has 0 saturated carbocycles. The Morgan fingerprint density at radius 3 is 1.93 bits per heavy atom. The number of hydrogen-bond donors (Lipinski definition) is 2. The summed E-state index contributed by atoms with van der Waals surface area (Å²) in [4.78, 5) is 30.1. The van der Waals surface area contributed by atoms with Crippen molar-refractivity contribution in [1.29, 1.82) is 0 Å². The Kier molecular flexibility index (Phi) is 7.43. The predicted octanol–water partition coefficient (Wildman–Crippen LogP) is -4.35. The van der Waals surface area contributed by atoms with E-state index < -0.39 is 36.1 Å². The van der Waals surface area contributed by atoms with E-state index in [1.807, 2.05) is 0 Å². The van der Waals surface area contributed by atoms with Crippen molar-refractivity contribution in [3.05, 3.63) is 0 Å². The molecule has 9 heteroatoms. The maximum absolute atomic E-state index is 12.6. The van der Waals surface area contributed by atoms with Crippen LogP contribution in [0.2, 0.25) is 0 Å². The molecule has 0 aromatic heterocycles. The van der Waals surface area contributed by atoms with E-state index in [1.54, 1.807) is 0 Å². The number of carbonyl (C=O) groups excluding carboxylic acids is 2. The summed E-state index contributed by atoms with van der Waals surface area (Å²) in [6, 6.07) is 0. The van der Waals surface area contributed by atoms with Crippen LogP contribution in [0.15, 0.2) is 0 Å². The summed E-state index contributed by atoms with van der Waals surface area (Å²) in [5.41, 5.74) is -3.62. The van der Waals surface area contributed by atoms with Gasteiger partial charge in [-0.25, -0.2) is 4.39 Å². The second-order valence-electron chi connectivity index (χ2n) is 2.46. The monoisotopic (exact) mass is 346 g/mol. The molecule has 0 amide bonds. The molecular formula is C6H5BaFO7. The van der Waals surface area contributed by atoms with Crippen molar-refractivity contribution in [3.63, 3.8) is 0 Å². The quantitative estimate of drug-likeness (QED) is 0.480. The first kappa shape index (κ1) is 17.3. The van der Waals surface area contributed by atoms with Crippen molar-refractivity contribution >= 4 is 66.8 Å². The Labute approximate surface area is 123 Å². The van der Waals surface area contributed by atoms with Gasteiger partial charge in [-0.05, 0) is 0 Å². The van der Waals surface area contributed by atoms with Gasteiger partial charge in [0.05, 0.1) is 18.4 Å². The average Bonchev–Trinajstić information content (AvgIpc) is 2.00. The zero-order valence-electron chi connectivity index (χ0n) is 7.31. The van der Waals surface area contributed by atoms with Gasteiger partial charge in [0, 0.05) is 0 Å². The number of carbonyl (C=O) groups is 3. The van der Waals surface area contributed by atoms with Crippen molar-refractivity contribution in [1.82, 2.24) is 0 Å². The molecule has 0 heterocycles. The minimum Gasteiger partial charge on any atom is -0.547 e. The molecule has 0 saturated heterocycles. The molecule has 0 aliphatic rings. The van der Waals surface area contributed by atoms with Crippen LogP contribution in [-0.2, 0) is 14.4 Å². The van der Waals surface area contributed by atoms with Gasteiger partial charge in [0.15, 0.2) is 11.8 Å². The Morgan fingerprint density at radius 1 is 1.33 bits per heavy atom. The Morgan fingerprint density at radius 2 is 1.73 bits per heavy atom. The van der Waals surface area contributed by atoms with Gasteiger partial charge in [-0.15, -0.1) is 0 Å². The fourth-order valence-electron chi connectivity index (χ4n) is 0.691. The summed E-state index contributed by atoms with van der Waals surface area (Å²) < 4.78 is 12.6. The Hall–Kier alpha value is -0.129. The minimum absolute atomic E-state index is 0. The smallest absolute Gasteiger partial charge is 0.547 e. The van der Waals surface area contributed by atoms with Gasteiger partial charge < -0.3 is 30.0 Å². The largest absolute Gasteiger partial charge is 2.00 e. The molecule has 0 rings (SSSR count). The molecule has 0 aromatic rings. The average molecular weight is 345 g/mol. The first-order chi connectivity index (χ1) is 6.21. The number of carboxylic acid groups (broad SMARTS) is 3. The van der Waals surface area contributed by atoms with Gasteiger partial charge in [-0.1, -0.05) is 0 Å². The van der Waals surface area contributed by atoms with Gasteiger partial charge in [0.25, 0.3) is 0 Å². The summed E-state index contributed by atoms with van der Waals surface area (Å²) in [7, 11) is 0. The van der Waals surface area contributed by atoms with Crippen LogP contribution in [0.3, 0.4) is 0 Å². The standard InChI is InChI=1S/C6H7FO7.Ba/c7-3(4(10)11)6(14,5(12)13)1-2(8)9;/h3,14H,1H2,(H,8,9)(H,10,11)(H,12,13);/q;+2/p-2. The fraction of sp³-hybridized carbons (Fsp3) is 0.500. The van der Waals surface area contributed by atoms with Crippen LogP contribution in [0, 0.1) is 0 Å². The predicted molar refractivity (Wildman–Crippen MR) is 37.9 cm³/mol. The van der Waals surface area contributed by atoms with E-state index in [2.05, 4.69) is 0 Å². The van der Waals surface area contributed by atoms with E-state index in [0.29, 0.717) is 0 Å². The van der Waals surface area contributed by atoms with Gasteiger partial charge >= 0.3 is 54.9 Å². The molecule has 0 aliphatic heterocycles. The van der Waals surface area contributed by atoms with Crippen LogP contribution in [0.4, 0.5) is 4.39 Å². The van der Waals surface area contributed by atoms with Crippen LogP contribution < -0.4 is 10.2 Å². The van der Waals surface area contributed by atoms with Crippen LogP contribution in [0.25, 0.3) is 0 Å². The van der Waals surface area contributed by atoms with Gasteiger partial charge in [-0.2, -0.15) is 0 Å². The first-order valence-electron chi connectivity index (χ1n) is 3.22. The van der Waals surface area contributed by atoms with Crippen molar-refractivity contribution in [2.45, 2.75) is 18.2 Å². The van der Waals surface area contributed by atoms with E-state index in [0.717, 1.165) is 0 Å². The molecule has 0 aliphatic carbocycles. The summed E-state index contributed by atoms with van der Waals surface area (Å²) in [5, 5.41) is 37.0. The number of aliphatic carboxylic acids is 3. The minimum atomic E-state index is -3.62. The molecule has 0 fully saturated rings. The second kappa shape index (κ2) is 6.45. The Balaban J connectivity index is 0. The van der Waals surface area contributed by atoms with Crippen molar-refractivity contribution in [3.8, 4) is 0 Å². The molecule has 2 N–H and O–H groups in total. The van der Waals surface area contributed by atoms with E-state index in [-0.39, 0.29) is 48.9 Å². The number of halogens is 1. The molecule has 2 unspecified atom stereocenters. The molecule has 2 atom stereocenters. The Bertz CT molecular complexity index is 281. The third-order valence-corrected chi connectivity index (χ3v) is 1.40. The molecule has 0 spiro atoms. The zero-order chi connectivity index (χ0) is 11.5. The molecular weight excluding hydrogens is 340 g/mol. The SMILES string of the molecule is O=C(O)CC(O)(C(=O)[O-])C(F)C(=O)[O-].[Ba+2]. The van der Waals surface area contributed by atoms with E-state index in [4.69, 9.17) is 10.2 Å². The molecule has 0 aromatic carbocycles. The third-order valence-electron chi connectivity index (χ3n) is 1.40. The summed E-state index contributed by atoms with van der Waals surface area (Å²) in [5.74, 6) is -6.95. The molecule has 15 heavy (non-hydrogen) atoms. The van der Waals surface area contributed by atoms with E-state index >= 15 is 0 Å². The topological polar surface area (TPSA) is 138 Å². The fourth-order valence-corrected chi connectivity index (χ4v) is 0.691. The number of aliphatic hydroxyl groups is 1. The van der Waals surface area contributed by atoms with Crippen LogP contribution in [-0.4, -0.2) is 88.8 Å². The zero-order valence-corrected chi connectivity index (χ0v) is 11.7. The summed E-state index contributed by atoms with van der Waals surface area (Å²) in [6.45, 7) is 0. The van der Waals surface area contributed by atoms with Gasteiger partial charge in [0.2, 0.25) is 0 Å². The van der Waals surface area contributed by atoms with Crippen LogP contribution in [0.1, 0.15) is 6.42 Å². The molecule has 7 nitrogen and oxygen atoms in total. The van der Waals surface area contributed by atoms with Crippen LogP contribution >= 0.6 is 0 Å². The second-order valence-corrected chi connectivity index (χ2v) is 2.46.